The molecule has 0 rings (SSSR count). The molecule has 0 radical (unpaired) electrons. The van der Waals surface area contributed by atoms with Crippen LogP contribution >= 0.6 is 11.8 Å². The lowest BCUT2D eigenvalue weighted by molar-refractivity contribution is 0.246. The van der Waals surface area contributed by atoms with Gasteiger partial charge in [-0.3, -0.25) is 0 Å². The van der Waals surface area contributed by atoms with Gasteiger partial charge in [0, 0.05) is 17.8 Å². The predicted octanol–water partition coefficient (Wildman–Crippen LogP) is 3.15. The molecule has 0 amide bonds. The molecule has 0 bridgehead atoms. The Bertz CT molecular complexity index is 136. The summed E-state index contributed by atoms with van der Waals surface area (Å²) < 4.78 is 0. The van der Waals surface area contributed by atoms with E-state index in [0.29, 0.717) is 5.41 Å². The zero-order valence-corrected chi connectivity index (χ0v) is 10.8. The molecular weight excluding hydrogens is 178 g/mol. The largest absolute Gasteiger partial charge is 0.311 e. The quantitative estimate of drug-likeness (QED) is 0.689. The highest BCUT2D eigenvalue weighted by Gasteiger charge is 2.24. The molecule has 0 fully saturated rings. The second-order valence-electron chi connectivity index (χ2n) is 5.54. The standard InChI is InChI=1S/C11H25NS/c1-10(2,3)9-11(4,5)12-7-8-13-6/h12H,7-9H2,1-6H3. The van der Waals surface area contributed by atoms with Crippen LogP contribution in [0.15, 0.2) is 0 Å². The molecule has 13 heavy (non-hydrogen) atoms. The lowest BCUT2D eigenvalue weighted by Crippen LogP contribution is -2.43. The molecule has 0 aliphatic heterocycles. The Morgan fingerprint density at radius 1 is 1.08 bits per heavy atom. The summed E-state index contributed by atoms with van der Waals surface area (Å²) >= 11 is 1.90. The Hall–Kier alpha value is 0.310. The van der Waals surface area contributed by atoms with Gasteiger partial charge < -0.3 is 5.32 Å². The highest BCUT2D eigenvalue weighted by molar-refractivity contribution is 7.98. The Balaban J connectivity index is 3.80. The van der Waals surface area contributed by atoms with Crippen LogP contribution in [0.4, 0.5) is 0 Å². The van der Waals surface area contributed by atoms with Crippen molar-refractivity contribution >= 4 is 11.8 Å². The van der Waals surface area contributed by atoms with E-state index in [1.807, 2.05) is 11.8 Å². The van der Waals surface area contributed by atoms with Gasteiger partial charge in [-0.1, -0.05) is 20.8 Å². The Labute approximate surface area is 88.1 Å². The van der Waals surface area contributed by atoms with Crippen LogP contribution in [-0.4, -0.2) is 24.1 Å². The summed E-state index contributed by atoms with van der Waals surface area (Å²) in [6.45, 7) is 12.6. The highest BCUT2D eigenvalue weighted by Crippen LogP contribution is 2.26. The second-order valence-corrected chi connectivity index (χ2v) is 6.53. The maximum absolute atomic E-state index is 3.60. The minimum atomic E-state index is 0.272. The second kappa shape index (κ2) is 5.26. The van der Waals surface area contributed by atoms with E-state index in [-0.39, 0.29) is 5.54 Å². The molecule has 2 heteroatoms. The topological polar surface area (TPSA) is 12.0 Å². The van der Waals surface area contributed by atoms with Gasteiger partial charge in [0.05, 0.1) is 0 Å². The van der Waals surface area contributed by atoms with Crippen molar-refractivity contribution in [2.24, 2.45) is 5.41 Å². The van der Waals surface area contributed by atoms with Crippen molar-refractivity contribution in [3.05, 3.63) is 0 Å². The fourth-order valence-electron chi connectivity index (χ4n) is 1.88. The smallest absolute Gasteiger partial charge is 0.0130 e. The molecule has 1 nitrogen and oxygen atoms in total. The molecule has 80 valence electrons. The molecule has 0 aromatic carbocycles. The first kappa shape index (κ1) is 13.3. The molecule has 0 aromatic rings. The molecule has 0 spiro atoms. The number of nitrogens with one attached hydrogen (secondary N) is 1. The Kier molecular flexibility index (Phi) is 5.38. The molecule has 0 aliphatic rings. The summed E-state index contributed by atoms with van der Waals surface area (Å²) in [4.78, 5) is 0. The van der Waals surface area contributed by atoms with Crippen LogP contribution in [0.5, 0.6) is 0 Å². The molecule has 0 aliphatic carbocycles. The monoisotopic (exact) mass is 203 g/mol. The lowest BCUT2D eigenvalue weighted by atomic mass is 9.82. The van der Waals surface area contributed by atoms with Gasteiger partial charge in [-0.15, -0.1) is 0 Å². The van der Waals surface area contributed by atoms with Crippen molar-refractivity contribution in [2.45, 2.75) is 46.6 Å². The van der Waals surface area contributed by atoms with Gasteiger partial charge in [0.1, 0.15) is 0 Å². The zero-order chi connectivity index (χ0) is 10.5. The summed E-state index contributed by atoms with van der Waals surface area (Å²) in [5, 5.41) is 3.60. The van der Waals surface area contributed by atoms with Crippen molar-refractivity contribution in [3.63, 3.8) is 0 Å². The SMILES string of the molecule is CSCCNC(C)(C)CC(C)(C)C. The van der Waals surface area contributed by atoms with E-state index in [2.05, 4.69) is 46.2 Å². The van der Waals surface area contributed by atoms with E-state index in [0.717, 1.165) is 6.54 Å². The summed E-state index contributed by atoms with van der Waals surface area (Å²) in [7, 11) is 0. The first-order chi connectivity index (χ1) is 5.77. The average Bonchev–Trinajstić information content (AvgIpc) is 1.81. The molecular formula is C11H25NS. The summed E-state index contributed by atoms with van der Waals surface area (Å²) in [6.07, 6.45) is 3.37. The number of hydrogen-bond acceptors (Lipinski definition) is 2. The van der Waals surface area contributed by atoms with E-state index in [4.69, 9.17) is 0 Å². The van der Waals surface area contributed by atoms with Gasteiger partial charge >= 0.3 is 0 Å². The van der Waals surface area contributed by atoms with Gasteiger partial charge in [-0.05, 0) is 31.9 Å². The van der Waals surface area contributed by atoms with E-state index in [1.54, 1.807) is 0 Å². The normalized spacial score (nSPS) is 13.4. The van der Waals surface area contributed by atoms with Gasteiger partial charge in [0.15, 0.2) is 0 Å². The maximum atomic E-state index is 3.60. The summed E-state index contributed by atoms with van der Waals surface area (Å²) in [6, 6.07) is 0. The van der Waals surface area contributed by atoms with Gasteiger partial charge in [0.2, 0.25) is 0 Å². The van der Waals surface area contributed by atoms with Crippen LogP contribution in [0.2, 0.25) is 0 Å². The van der Waals surface area contributed by atoms with Crippen LogP contribution in [0.25, 0.3) is 0 Å². The first-order valence-electron chi connectivity index (χ1n) is 5.01. The molecule has 0 atom stereocenters. The molecule has 1 N–H and O–H groups in total. The van der Waals surface area contributed by atoms with E-state index in [1.165, 1.54) is 12.2 Å². The molecule has 0 saturated carbocycles. The Morgan fingerprint density at radius 2 is 1.62 bits per heavy atom. The number of hydrogen-bond donors (Lipinski definition) is 1. The lowest BCUT2D eigenvalue weighted by Gasteiger charge is -2.33. The summed E-state index contributed by atoms with van der Waals surface area (Å²) in [5.74, 6) is 1.20. The van der Waals surface area contributed by atoms with E-state index < -0.39 is 0 Å². The maximum Gasteiger partial charge on any atom is 0.0130 e. The molecule has 0 unspecified atom stereocenters. The summed E-state index contributed by atoms with van der Waals surface area (Å²) in [5.41, 5.74) is 0.684. The van der Waals surface area contributed by atoms with Gasteiger partial charge in [-0.25, -0.2) is 0 Å². The fraction of sp³-hybridized carbons (Fsp3) is 1.00. The van der Waals surface area contributed by atoms with Crippen molar-refractivity contribution in [1.82, 2.24) is 5.32 Å². The molecule has 0 heterocycles. The highest BCUT2D eigenvalue weighted by atomic mass is 32.2. The zero-order valence-electron chi connectivity index (χ0n) is 10.0. The molecule has 0 aromatic heterocycles. The van der Waals surface area contributed by atoms with Crippen LogP contribution < -0.4 is 5.32 Å². The van der Waals surface area contributed by atoms with E-state index in [9.17, 15) is 0 Å². The van der Waals surface area contributed by atoms with Crippen molar-refractivity contribution < 1.29 is 0 Å². The van der Waals surface area contributed by atoms with Gasteiger partial charge in [0.25, 0.3) is 0 Å². The third kappa shape index (κ3) is 8.63. The average molecular weight is 203 g/mol. The minimum absolute atomic E-state index is 0.272. The Morgan fingerprint density at radius 3 is 2.00 bits per heavy atom. The first-order valence-corrected chi connectivity index (χ1v) is 6.40. The van der Waals surface area contributed by atoms with Gasteiger partial charge in [-0.2, -0.15) is 11.8 Å². The van der Waals surface area contributed by atoms with E-state index >= 15 is 0 Å². The number of rotatable bonds is 5. The third-order valence-corrected chi connectivity index (χ3v) is 2.49. The predicted molar refractivity (Wildman–Crippen MR) is 64.5 cm³/mol. The van der Waals surface area contributed by atoms with Crippen LogP contribution in [0.1, 0.15) is 41.0 Å². The number of thioether (sulfide) groups is 1. The fourth-order valence-corrected chi connectivity index (χ4v) is 2.19. The van der Waals surface area contributed by atoms with Crippen LogP contribution in [-0.2, 0) is 0 Å². The van der Waals surface area contributed by atoms with Crippen molar-refractivity contribution in [1.29, 1.82) is 0 Å². The van der Waals surface area contributed by atoms with Crippen LogP contribution in [0, 0.1) is 5.41 Å². The van der Waals surface area contributed by atoms with Crippen LogP contribution in [0.3, 0.4) is 0 Å². The molecule has 0 saturated heterocycles. The van der Waals surface area contributed by atoms with Crippen molar-refractivity contribution in [3.8, 4) is 0 Å². The minimum Gasteiger partial charge on any atom is -0.311 e. The third-order valence-electron chi connectivity index (χ3n) is 1.88. The van der Waals surface area contributed by atoms with Crippen molar-refractivity contribution in [2.75, 3.05) is 18.6 Å².